The topological polar surface area (TPSA) is 57.2 Å². The van der Waals surface area contributed by atoms with Crippen LogP contribution in [0.15, 0.2) is 29.2 Å². The summed E-state index contributed by atoms with van der Waals surface area (Å²) in [7, 11) is -4.42. The summed E-state index contributed by atoms with van der Waals surface area (Å²) in [5.74, 6) is 0. The molecule has 0 heterocycles. The third-order valence-corrected chi connectivity index (χ3v) is 12.3. The summed E-state index contributed by atoms with van der Waals surface area (Å²) in [6.07, 6.45) is 45.1. The smallest absolute Gasteiger partial charge is 0.124 e. The van der Waals surface area contributed by atoms with Gasteiger partial charge in [0.2, 0.25) is 0 Å². The lowest BCUT2D eigenvalue weighted by Gasteiger charge is -2.39. The first-order chi connectivity index (χ1) is 24.9. The van der Waals surface area contributed by atoms with Crippen LogP contribution in [-0.2, 0) is 16.7 Å². The minimum atomic E-state index is -4.42. The Morgan fingerprint density at radius 1 is 0.392 bits per heavy atom. The summed E-state index contributed by atoms with van der Waals surface area (Å²) in [5, 5.41) is 0. The van der Waals surface area contributed by atoms with Crippen LogP contribution in [0.4, 0.5) is 0 Å². The normalized spacial score (nSPS) is 12.2. The lowest BCUT2D eigenvalue weighted by atomic mass is 10.0. The largest absolute Gasteiger partial charge is 0.744 e. The predicted molar refractivity (Wildman–Crippen MR) is 222 cm³/mol. The van der Waals surface area contributed by atoms with Crippen LogP contribution < -0.4 is 0 Å². The Kier molecular flexibility index (Phi) is 31.7. The van der Waals surface area contributed by atoms with Gasteiger partial charge in [-0.05, 0) is 50.7 Å². The van der Waals surface area contributed by atoms with E-state index in [0.717, 1.165) is 11.0 Å². The monoisotopic (exact) mass is 734 g/mol. The number of hydrogen-bond donors (Lipinski definition) is 0. The molecule has 4 nitrogen and oxygen atoms in total. The maximum atomic E-state index is 11.7. The lowest BCUT2D eigenvalue weighted by Crippen LogP contribution is -2.49. The fourth-order valence-corrected chi connectivity index (χ4v) is 8.53. The average molecular weight is 734 g/mol. The molecule has 5 heteroatoms. The highest BCUT2D eigenvalue weighted by Crippen LogP contribution is 2.24. The van der Waals surface area contributed by atoms with Crippen molar-refractivity contribution in [1.82, 2.24) is 0 Å². The maximum absolute atomic E-state index is 11.7. The van der Waals surface area contributed by atoms with E-state index < -0.39 is 10.1 Å². The van der Waals surface area contributed by atoms with Crippen molar-refractivity contribution in [3.63, 3.8) is 0 Å². The Labute approximate surface area is 320 Å². The zero-order chi connectivity index (χ0) is 37.1. The third-order valence-electron chi connectivity index (χ3n) is 11.4. The van der Waals surface area contributed by atoms with E-state index in [1.165, 1.54) is 237 Å². The van der Waals surface area contributed by atoms with Crippen LogP contribution in [-0.4, -0.2) is 37.1 Å². The minimum Gasteiger partial charge on any atom is -0.744 e. The predicted octanol–water partition coefficient (Wildman–Crippen LogP) is 14.8. The molecule has 0 aliphatic carbocycles. The Balaban J connectivity index is 2.76. The summed E-state index contributed by atoms with van der Waals surface area (Å²) in [6.45, 7) is 11.5. The maximum Gasteiger partial charge on any atom is 0.124 e. The fourth-order valence-electron chi connectivity index (χ4n) is 8.06. The molecule has 0 aliphatic rings. The van der Waals surface area contributed by atoms with Gasteiger partial charge in [0.1, 0.15) is 16.7 Å². The van der Waals surface area contributed by atoms with E-state index in [-0.39, 0.29) is 4.90 Å². The molecule has 0 bridgehead atoms. The number of quaternary nitrogens is 1. The summed E-state index contributed by atoms with van der Waals surface area (Å²) in [4.78, 5) is -0.106. The SMILES string of the molecule is CCCCCCCCCCCCC[N+](CCCCCCCCCCCCC)(CCCCCCCCCCCCC)Cc1ccc(S(=O)(=O)[O-])cc1. The van der Waals surface area contributed by atoms with Crippen LogP contribution in [0, 0.1) is 0 Å². The van der Waals surface area contributed by atoms with Crippen molar-refractivity contribution in [3.8, 4) is 0 Å². The first-order valence-electron chi connectivity index (χ1n) is 22.8. The second-order valence-electron chi connectivity index (χ2n) is 16.4. The summed E-state index contributed by atoms with van der Waals surface area (Å²) >= 11 is 0. The van der Waals surface area contributed by atoms with Crippen molar-refractivity contribution in [2.75, 3.05) is 19.6 Å². The van der Waals surface area contributed by atoms with Crippen molar-refractivity contribution in [1.29, 1.82) is 0 Å². The average Bonchev–Trinajstić information content (AvgIpc) is 3.11. The molecule has 0 aromatic heterocycles. The highest BCUT2D eigenvalue weighted by molar-refractivity contribution is 7.85. The Morgan fingerprint density at radius 3 is 0.863 bits per heavy atom. The van der Waals surface area contributed by atoms with Crippen LogP contribution in [0.3, 0.4) is 0 Å². The molecular weight excluding hydrogens is 647 g/mol. The van der Waals surface area contributed by atoms with Crippen LogP contribution in [0.2, 0.25) is 0 Å². The van der Waals surface area contributed by atoms with Gasteiger partial charge in [-0.25, -0.2) is 8.42 Å². The second-order valence-corrected chi connectivity index (χ2v) is 17.8. The Morgan fingerprint density at radius 2 is 0.627 bits per heavy atom. The molecule has 1 aromatic carbocycles. The molecule has 0 amide bonds. The van der Waals surface area contributed by atoms with Crippen molar-refractivity contribution in [3.05, 3.63) is 29.8 Å². The molecule has 0 fully saturated rings. The van der Waals surface area contributed by atoms with Crippen molar-refractivity contribution in [2.24, 2.45) is 0 Å². The van der Waals surface area contributed by atoms with Crippen LogP contribution >= 0.6 is 0 Å². The zero-order valence-electron chi connectivity index (χ0n) is 34.6. The van der Waals surface area contributed by atoms with Gasteiger partial charge in [-0.3, -0.25) is 0 Å². The zero-order valence-corrected chi connectivity index (χ0v) is 35.4. The van der Waals surface area contributed by atoms with Crippen molar-refractivity contribution < 1.29 is 17.5 Å². The Bertz CT molecular complexity index is 912. The standard InChI is InChI=1S/C46H87NO3S/c1-4-7-10-13-16-19-22-25-28-31-34-41-47(44-45-37-39-46(40-38-45)51(48,49)50,42-35-32-29-26-23-20-17-14-11-8-5-2)43-36-33-30-27-24-21-18-15-12-9-6-3/h37-40H,4-36,41-44H2,1-3H3. The number of hydrogen-bond acceptors (Lipinski definition) is 3. The summed E-state index contributed by atoms with van der Waals surface area (Å²) in [6, 6.07) is 6.91. The highest BCUT2D eigenvalue weighted by Gasteiger charge is 2.27. The summed E-state index contributed by atoms with van der Waals surface area (Å²) < 4.78 is 36.1. The molecule has 0 saturated heterocycles. The third kappa shape index (κ3) is 28.2. The molecule has 1 aromatic rings. The molecule has 0 radical (unpaired) electrons. The minimum absolute atomic E-state index is 0.106. The molecular formula is C46H87NO3S. The van der Waals surface area contributed by atoms with Crippen LogP contribution in [0.1, 0.15) is 238 Å². The molecule has 0 saturated carbocycles. The quantitative estimate of drug-likeness (QED) is 0.0384. The van der Waals surface area contributed by atoms with Crippen LogP contribution in [0.25, 0.3) is 0 Å². The first kappa shape index (κ1) is 48.1. The molecule has 0 N–H and O–H groups in total. The van der Waals surface area contributed by atoms with Gasteiger partial charge in [0.15, 0.2) is 0 Å². The molecule has 1 rings (SSSR count). The van der Waals surface area contributed by atoms with Gasteiger partial charge in [-0.1, -0.05) is 206 Å². The van der Waals surface area contributed by atoms with Crippen molar-refractivity contribution in [2.45, 2.75) is 244 Å². The lowest BCUT2D eigenvalue weighted by molar-refractivity contribution is -0.941. The van der Waals surface area contributed by atoms with Gasteiger partial charge in [0.05, 0.1) is 24.5 Å². The summed E-state index contributed by atoms with van der Waals surface area (Å²) in [5.41, 5.74) is 1.18. The molecule has 0 atom stereocenters. The Hall–Kier alpha value is -0.910. The van der Waals surface area contributed by atoms with Gasteiger partial charge in [-0.2, -0.15) is 0 Å². The number of unbranched alkanes of at least 4 members (excludes halogenated alkanes) is 30. The van der Waals surface area contributed by atoms with E-state index in [1.54, 1.807) is 12.1 Å². The molecule has 51 heavy (non-hydrogen) atoms. The van der Waals surface area contributed by atoms with E-state index in [9.17, 15) is 13.0 Å². The van der Waals surface area contributed by atoms with E-state index in [2.05, 4.69) is 20.8 Å². The van der Waals surface area contributed by atoms with Crippen LogP contribution in [0.5, 0.6) is 0 Å². The number of rotatable bonds is 39. The number of nitrogens with zero attached hydrogens (tertiary/aromatic N) is 1. The molecule has 0 unspecified atom stereocenters. The molecule has 0 aliphatic heterocycles. The van der Waals surface area contributed by atoms with Gasteiger partial charge < -0.3 is 9.04 Å². The van der Waals surface area contributed by atoms with Crippen molar-refractivity contribution >= 4 is 10.1 Å². The van der Waals surface area contributed by atoms with E-state index in [0.29, 0.717) is 0 Å². The molecule has 300 valence electrons. The highest BCUT2D eigenvalue weighted by atomic mass is 32.2. The van der Waals surface area contributed by atoms with E-state index in [4.69, 9.17) is 0 Å². The second kappa shape index (κ2) is 33.6. The molecule has 0 spiro atoms. The van der Waals surface area contributed by atoms with E-state index in [1.807, 2.05) is 12.1 Å². The first-order valence-corrected chi connectivity index (χ1v) is 24.2. The number of benzene rings is 1. The van der Waals surface area contributed by atoms with E-state index >= 15 is 0 Å². The van der Waals surface area contributed by atoms with Gasteiger partial charge >= 0.3 is 0 Å². The fraction of sp³-hybridized carbons (Fsp3) is 0.870. The van der Waals surface area contributed by atoms with Gasteiger partial charge in [0, 0.05) is 5.56 Å². The van der Waals surface area contributed by atoms with Gasteiger partial charge in [-0.15, -0.1) is 0 Å². The van der Waals surface area contributed by atoms with Gasteiger partial charge in [0.25, 0.3) is 0 Å².